The van der Waals surface area contributed by atoms with E-state index in [9.17, 15) is 0 Å². The summed E-state index contributed by atoms with van der Waals surface area (Å²) in [6.07, 6.45) is 3.50. The minimum Gasteiger partial charge on any atom is -0.468 e. The maximum Gasteiger partial charge on any atom is 0.117 e. The van der Waals surface area contributed by atoms with Gasteiger partial charge in [-0.05, 0) is 12.1 Å². The summed E-state index contributed by atoms with van der Waals surface area (Å²) in [6, 6.07) is 3.80. The van der Waals surface area contributed by atoms with Gasteiger partial charge >= 0.3 is 0 Å². The van der Waals surface area contributed by atoms with Gasteiger partial charge in [0.05, 0.1) is 12.8 Å². The number of rotatable bonds is 4. The van der Waals surface area contributed by atoms with Crippen LogP contribution in [0.5, 0.6) is 0 Å². The van der Waals surface area contributed by atoms with Crippen LogP contribution in [0, 0.1) is 0 Å². The molecule has 0 aliphatic heterocycles. The van der Waals surface area contributed by atoms with E-state index in [4.69, 9.17) is 16.0 Å². The number of halogens is 1. The zero-order valence-corrected chi connectivity index (χ0v) is 6.84. The van der Waals surface area contributed by atoms with Crippen molar-refractivity contribution in [2.45, 2.75) is 6.54 Å². The number of hydrogen-bond donors (Lipinski definition) is 1. The van der Waals surface area contributed by atoms with Crippen molar-refractivity contribution in [3.63, 3.8) is 0 Å². The summed E-state index contributed by atoms with van der Waals surface area (Å²) in [6.45, 7) is 1.51. The summed E-state index contributed by atoms with van der Waals surface area (Å²) in [5.41, 5.74) is 1.50. The Balaban J connectivity index is 2.14. The van der Waals surface area contributed by atoms with Gasteiger partial charge in [-0.3, -0.25) is 0 Å². The van der Waals surface area contributed by atoms with Crippen LogP contribution in [0.4, 0.5) is 0 Å². The van der Waals surface area contributed by atoms with Gasteiger partial charge in [0.15, 0.2) is 0 Å². The van der Waals surface area contributed by atoms with Crippen molar-refractivity contribution in [1.29, 1.82) is 0 Å². The second kappa shape index (κ2) is 4.99. The summed E-state index contributed by atoms with van der Waals surface area (Å²) in [5.74, 6) is 0.938. The molecule has 0 atom stereocenters. The van der Waals surface area contributed by atoms with Crippen molar-refractivity contribution >= 4 is 11.6 Å². The Morgan fingerprint density at radius 2 is 2.55 bits per heavy atom. The normalized spacial score (nSPS) is 11.0. The first kappa shape index (κ1) is 8.37. The summed E-state index contributed by atoms with van der Waals surface area (Å²) < 4.78 is 5.09. The van der Waals surface area contributed by atoms with Crippen LogP contribution in [-0.2, 0) is 6.54 Å². The smallest absolute Gasteiger partial charge is 0.117 e. The Hall–Kier alpha value is -0.730. The van der Waals surface area contributed by atoms with E-state index in [1.807, 2.05) is 18.2 Å². The molecule has 1 aromatic heterocycles. The van der Waals surface area contributed by atoms with Gasteiger partial charge in [-0.1, -0.05) is 17.7 Å². The lowest BCUT2D eigenvalue weighted by molar-refractivity contribution is 0.490. The molecule has 1 aromatic rings. The second-order valence-electron chi connectivity index (χ2n) is 2.07. The van der Waals surface area contributed by atoms with Gasteiger partial charge in [0.1, 0.15) is 5.76 Å². The molecule has 0 saturated heterocycles. The van der Waals surface area contributed by atoms with E-state index >= 15 is 0 Å². The van der Waals surface area contributed by atoms with Crippen LogP contribution in [0.25, 0.3) is 0 Å². The molecule has 1 rings (SSSR count). The van der Waals surface area contributed by atoms with Crippen LogP contribution in [0.3, 0.4) is 0 Å². The molecular formula is C8H10ClNO. The van der Waals surface area contributed by atoms with Crippen molar-refractivity contribution in [2.24, 2.45) is 0 Å². The summed E-state index contributed by atoms with van der Waals surface area (Å²) in [4.78, 5) is 0. The third-order valence-electron chi connectivity index (χ3n) is 1.23. The van der Waals surface area contributed by atoms with E-state index in [1.54, 1.807) is 6.26 Å². The molecule has 0 aliphatic rings. The van der Waals surface area contributed by atoms with E-state index < -0.39 is 0 Å². The SMILES string of the molecule is Cl/C=C/CNCc1ccco1. The third-order valence-corrected chi connectivity index (χ3v) is 1.41. The lowest BCUT2D eigenvalue weighted by Crippen LogP contribution is -2.11. The highest BCUT2D eigenvalue weighted by atomic mass is 35.5. The molecule has 0 fully saturated rings. The van der Waals surface area contributed by atoms with Crippen LogP contribution >= 0.6 is 11.6 Å². The molecule has 0 saturated carbocycles. The minimum absolute atomic E-state index is 0.744. The molecule has 11 heavy (non-hydrogen) atoms. The Morgan fingerprint density at radius 3 is 3.18 bits per heavy atom. The Morgan fingerprint density at radius 1 is 1.64 bits per heavy atom. The maximum absolute atomic E-state index is 5.32. The zero-order chi connectivity index (χ0) is 7.94. The molecular weight excluding hydrogens is 162 g/mol. The van der Waals surface area contributed by atoms with Gasteiger partial charge in [0.25, 0.3) is 0 Å². The maximum atomic E-state index is 5.32. The van der Waals surface area contributed by atoms with Gasteiger partial charge in [0.2, 0.25) is 0 Å². The van der Waals surface area contributed by atoms with Gasteiger partial charge in [-0.25, -0.2) is 0 Å². The lowest BCUT2D eigenvalue weighted by atomic mass is 10.4. The first-order chi connectivity index (χ1) is 5.43. The highest BCUT2D eigenvalue weighted by Gasteiger charge is 1.90. The molecule has 0 bridgehead atoms. The monoisotopic (exact) mass is 171 g/mol. The zero-order valence-electron chi connectivity index (χ0n) is 6.09. The average molecular weight is 172 g/mol. The van der Waals surface area contributed by atoms with E-state index in [1.165, 1.54) is 5.54 Å². The standard InChI is InChI=1S/C8H10ClNO/c9-4-2-5-10-7-8-3-1-6-11-8/h1-4,6,10H,5,7H2/b4-2+. The topological polar surface area (TPSA) is 25.2 Å². The van der Waals surface area contributed by atoms with E-state index in [-0.39, 0.29) is 0 Å². The fraction of sp³-hybridized carbons (Fsp3) is 0.250. The largest absolute Gasteiger partial charge is 0.468 e. The molecule has 60 valence electrons. The van der Waals surface area contributed by atoms with Crippen molar-refractivity contribution < 1.29 is 4.42 Å². The molecule has 0 aliphatic carbocycles. The fourth-order valence-electron chi connectivity index (χ4n) is 0.736. The molecule has 1 heterocycles. The summed E-state index contributed by atoms with van der Waals surface area (Å²) in [5, 5.41) is 3.12. The Kier molecular flexibility index (Phi) is 3.80. The molecule has 0 aromatic carbocycles. The van der Waals surface area contributed by atoms with E-state index in [0.29, 0.717) is 0 Å². The molecule has 1 N–H and O–H groups in total. The highest BCUT2D eigenvalue weighted by Crippen LogP contribution is 1.97. The summed E-state index contributed by atoms with van der Waals surface area (Å²) >= 11 is 5.32. The van der Waals surface area contributed by atoms with E-state index in [0.717, 1.165) is 18.8 Å². The van der Waals surface area contributed by atoms with Crippen LogP contribution < -0.4 is 5.32 Å². The predicted molar refractivity (Wildman–Crippen MR) is 45.4 cm³/mol. The van der Waals surface area contributed by atoms with Crippen LogP contribution in [0.2, 0.25) is 0 Å². The fourth-order valence-corrected chi connectivity index (χ4v) is 0.825. The van der Waals surface area contributed by atoms with Crippen molar-refractivity contribution in [2.75, 3.05) is 6.54 Å². The average Bonchev–Trinajstić information content (AvgIpc) is 2.50. The van der Waals surface area contributed by atoms with Gasteiger partial charge in [0, 0.05) is 12.1 Å². The van der Waals surface area contributed by atoms with Crippen LogP contribution in [0.1, 0.15) is 5.76 Å². The molecule has 0 unspecified atom stereocenters. The van der Waals surface area contributed by atoms with E-state index in [2.05, 4.69) is 5.32 Å². The highest BCUT2D eigenvalue weighted by molar-refractivity contribution is 6.25. The summed E-state index contributed by atoms with van der Waals surface area (Å²) in [7, 11) is 0. The Bertz CT molecular complexity index is 206. The molecule has 3 heteroatoms. The van der Waals surface area contributed by atoms with Crippen molar-refractivity contribution in [1.82, 2.24) is 5.32 Å². The van der Waals surface area contributed by atoms with Crippen molar-refractivity contribution in [3.8, 4) is 0 Å². The second-order valence-corrected chi connectivity index (χ2v) is 2.32. The van der Waals surface area contributed by atoms with Gasteiger partial charge < -0.3 is 9.73 Å². The quantitative estimate of drug-likeness (QED) is 0.703. The number of hydrogen-bond acceptors (Lipinski definition) is 2. The molecule has 0 amide bonds. The van der Waals surface area contributed by atoms with Crippen molar-refractivity contribution in [3.05, 3.63) is 35.8 Å². The predicted octanol–water partition coefficient (Wildman–Crippen LogP) is 2.12. The molecule has 0 radical (unpaired) electrons. The van der Waals surface area contributed by atoms with Crippen LogP contribution in [-0.4, -0.2) is 6.54 Å². The van der Waals surface area contributed by atoms with Gasteiger partial charge in [-0.2, -0.15) is 0 Å². The number of furan rings is 1. The first-order valence-electron chi connectivity index (χ1n) is 3.42. The van der Waals surface area contributed by atoms with Gasteiger partial charge in [-0.15, -0.1) is 0 Å². The minimum atomic E-state index is 0.744. The Labute approximate surface area is 70.8 Å². The lowest BCUT2D eigenvalue weighted by Gasteiger charge is -1.95. The molecule has 0 spiro atoms. The first-order valence-corrected chi connectivity index (χ1v) is 3.85. The van der Waals surface area contributed by atoms with Crippen LogP contribution in [0.15, 0.2) is 34.4 Å². The number of nitrogens with one attached hydrogen (secondary N) is 1. The third kappa shape index (κ3) is 3.25. The molecule has 2 nitrogen and oxygen atoms in total.